The van der Waals surface area contributed by atoms with Gasteiger partial charge in [-0.1, -0.05) is 17.7 Å². The number of hydrogen-bond donors (Lipinski definition) is 1. The third kappa shape index (κ3) is 3.21. The van der Waals surface area contributed by atoms with Crippen LogP contribution in [-0.4, -0.2) is 33.9 Å². The maximum atomic E-state index is 12.4. The van der Waals surface area contributed by atoms with E-state index in [1.807, 2.05) is 6.92 Å². The molecule has 1 fully saturated rings. The van der Waals surface area contributed by atoms with Crippen molar-refractivity contribution in [2.24, 2.45) is 0 Å². The number of sulfone groups is 1. The molecule has 0 aromatic heterocycles. The number of benzene rings is 1. The summed E-state index contributed by atoms with van der Waals surface area (Å²) in [7, 11) is -6.87. The van der Waals surface area contributed by atoms with Crippen LogP contribution in [0, 0.1) is 13.8 Å². The number of nitrogens with one attached hydrogen (secondary N) is 1. The lowest BCUT2D eigenvalue weighted by atomic mass is 10.0. The van der Waals surface area contributed by atoms with Gasteiger partial charge in [-0.15, -0.1) is 0 Å². The zero-order chi connectivity index (χ0) is 15.2. The monoisotopic (exact) mass is 317 g/mol. The topological polar surface area (TPSA) is 80.3 Å². The minimum atomic E-state index is -3.71. The van der Waals surface area contributed by atoms with Crippen LogP contribution in [0.5, 0.6) is 0 Å². The highest BCUT2D eigenvalue weighted by Gasteiger charge is 2.41. The van der Waals surface area contributed by atoms with Crippen LogP contribution < -0.4 is 4.72 Å². The average Bonchev–Trinajstić information content (AvgIpc) is 2.50. The first-order chi connectivity index (χ1) is 9.03. The fourth-order valence-electron chi connectivity index (χ4n) is 2.57. The molecule has 20 heavy (non-hydrogen) atoms. The molecule has 1 N–H and O–H groups in total. The Balaban J connectivity index is 2.33. The van der Waals surface area contributed by atoms with Gasteiger partial charge in [-0.3, -0.25) is 0 Å². The van der Waals surface area contributed by atoms with Crippen LogP contribution in [0.25, 0.3) is 0 Å². The van der Waals surface area contributed by atoms with Crippen LogP contribution in [0.3, 0.4) is 0 Å². The van der Waals surface area contributed by atoms with Gasteiger partial charge in [0.25, 0.3) is 0 Å². The quantitative estimate of drug-likeness (QED) is 0.907. The van der Waals surface area contributed by atoms with Crippen molar-refractivity contribution in [2.75, 3.05) is 11.5 Å². The fraction of sp³-hybridized carbons (Fsp3) is 0.538. The zero-order valence-electron chi connectivity index (χ0n) is 11.8. The van der Waals surface area contributed by atoms with Gasteiger partial charge in [0.2, 0.25) is 10.0 Å². The van der Waals surface area contributed by atoms with Gasteiger partial charge in [0.15, 0.2) is 9.84 Å². The lowest BCUT2D eigenvalue weighted by Crippen LogP contribution is -2.46. The van der Waals surface area contributed by atoms with Crippen LogP contribution in [0.2, 0.25) is 0 Å². The second kappa shape index (κ2) is 4.82. The third-order valence-corrected chi connectivity index (χ3v) is 7.21. The Morgan fingerprint density at radius 1 is 1.25 bits per heavy atom. The van der Waals surface area contributed by atoms with E-state index < -0.39 is 25.4 Å². The highest BCUT2D eigenvalue weighted by atomic mass is 32.2. The molecule has 0 radical (unpaired) electrons. The Morgan fingerprint density at radius 2 is 1.90 bits per heavy atom. The fourth-order valence-corrected chi connectivity index (χ4v) is 6.42. The van der Waals surface area contributed by atoms with Crippen molar-refractivity contribution in [1.82, 2.24) is 4.72 Å². The van der Waals surface area contributed by atoms with Gasteiger partial charge in [0, 0.05) is 5.54 Å². The van der Waals surface area contributed by atoms with Crippen molar-refractivity contribution in [3.8, 4) is 0 Å². The van der Waals surface area contributed by atoms with Crippen molar-refractivity contribution in [3.05, 3.63) is 29.3 Å². The summed E-state index contributed by atoms with van der Waals surface area (Å²) in [5.41, 5.74) is 0.715. The van der Waals surface area contributed by atoms with E-state index in [2.05, 4.69) is 4.72 Å². The average molecular weight is 317 g/mol. The van der Waals surface area contributed by atoms with E-state index in [-0.39, 0.29) is 16.4 Å². The first-order valence-electron chi connectivity index (χ1n) is 6.35. The van der Waals surface area contributed by atoms with Gasteiger partial charge in [-0.05, 0) is 38.8 Å². The molecule has 1 aliphatic rings. The number of aryl methyl sites for hydroxylation is 2. The molecular weight excluding hydrogens is 298 g/mol. The molecule has 1 atom stereocenters. The lowest BCUT2D eigenvalue weighted by Gasteiger charge is -2.24. The molecule has 1 aliphatic heterocycles. The molecule has 1 heterocycles. The van der Waals surface area contributed by atoms with E-state index >= 15 is 0 Å². The van der Waals surface area contributed by atoms with E-state index in [1.54, 1.807) is 32.0 Å². The summed E-state index contributed by atoms with van der Waals surface area (Å²) in [4.78, 5) is 0.202. The summed E-state index contributed by atoms with van der Waals surface area (Å²) >= 11 is 0. The molecule has 0 amide bonds. The molecule has 0 aliphatic carbocycles. The van der Waals surface area contributed by atoms with Gasteiger partial charge in [-0.25, -0.2) is 21.6 Å². The molecule has 1 aromatic carbocycles. The second-order valence-corrected chi connectivity index (χ2v) is 9.61. The summed E-state index contributed by atoms with van der Waals surface area (Å²) in [5, 5.41) is 0. The van der Waals surface area contributed by atoms with Crippen LogP contribution >= 0.6 is 0 Å². The first kappa shape index (κ1) is 15.5. The van der Waals surface area contributed by atoms with E-state index in [0.29, 0.717) is 12.0 Å². The molecule has 1 aromatic rings. The van der Waals surface area contributed by atoms with Crippen molar-refractivity contribution in [3.63, 3.8) is 0 Å². The predicted octanol–water partition coefficient (Wildman–Crippen LogP) is 1.16. The van der Waals surface area contributed by atoms with Crippen molar-refractivity contribution >= 4 is 19.9 Å². The Kier molecular flexibility index (Phi) is 3.73. The summed E-state index contributed by atoms with van der Waals surface area (Å²) in [6.07, 6.45) is 0.305. The summed E-state index contributed by atoms with van der Waals surface area (Å²) in [6.45, 7) is 5.26. The Hall–Kier alpha value is -0.920. The normalized spacial score (nSPS) is 25.8. The molecule has 0 saturated carbocycles. The minimum Gasteiger partial charge on any atom is -0.229 e. The van der Waals surface area contributed by atoms with Gasteiger partial charge < -0.3 is 0 Å². The van der Waals surface area contributed by atoms with Crippen LogP contribution in [0.1, 0.15) is 24.5 Å². The maximum absolute atomic E-state index is 12.4. The maximum Gasteiger partial charge on any atom is 0.241 e. The molecule has 0 spiro atoms. The SMILES string of the molecule is Cc1ccc(S(=O)(=O)N[C@]2(C)CCS(=O)(=O)C2)c(C)c1. The third-order valence-electron chi connectivity index (χ3n) is 3.50. The first-order valence-corrected chi connectivity index (χ1v) is 9.65. The Bertz CT molecular complexity index is 738. The Labute approximate surface area is 120 Å². The molecule has 0 bridgehead atoms. The predicted molar refractivity (Wildman–Crippen MR) is 77.9 cm³/mol. The van der Waals surface area contributed by atoms with Crippen LogP contribution in [0.15, 0.2) is 23.1 Å². The van der Waals surface area contributed by atoms with Crippen molar-refractivity contribution in [2.45, 2.75) is 37.6 Å². The van der Waals surface area contributed by atoms with E-state index in [1.165, 1.54) is 0 Å². The van der Waals surface area contributed by atoms with Gasteiger partial charge in [0.1, 0.15) is 0 Å². The molecule has 0 unspecified atom stereocenters. The molecule has 7 heteroatoms. The minimum absolute atomic E-state index is 0.0267. The second-order valence-electron chi connectivity index (χ2n) is 5.78. The smallest absolute Gasteiger partial charge is 0.229 e. The van der Waals surface area contributed by atoms with Crippen molar-refractivity contribution < 1.29 is 16.8 Å². The zero-order valence-corrected chi connectivity index (χ0v) is 13.4. The van der Waals surface area contributed by atoms with Crippen LogP contribution in [0.4, 0.5) is 0 Å². The summed E-state index contributed by atoms with van der Waals surface area (Å²) in [5.74, 6) is -0.122. The standard InChI is InChI=1S/C13H19NO4S2/c1-10-4-5-12(11(2)8-10)20(17,18)14-13(3)6-7-19(15,16)9-13/h4-5,8,14H,6-7,9H2,1-3H3/t13-/m1/s1. The number of hydrogen-bond acceptors (Lipinski definition) is 4. The lowest BCUT2D eigenvalue weighted by molar-refractivity contribution is 0.461. The molecule has 1 saturated heterocycles. The largest absolute Gasteiger partial charge is 0.241 e. The van der Waals surface area contributed by atoms with E-state index in [9.17, 15) is 16.8 Å². The van der Waals surface area contributed by atoms with Crippen LogP contribution in [-0.2, 0) is 19.9 Å². The Morgan fingerprint density at radius 3 is 2.40 bits per heavy atom. The number of sulfonamides is 1. The highest BCUT2D eigenvalue weighted by molar-refractivity contribution is 7.92. The molecule has 112 valence electrons. The van der Waals surface area contributed by atoms with Gasteiger partial charge in [0.05, 0.1) is 16.4 Å². The van der Waals surface area contributed by atoms with E-state index in [0.717, 1.165) is 5.56 Å². The number of rotatable bonds is 3. The molecular formula is C13H19NO4S2. The van der Waals surface area contributed by atoms with Gasteiger partial charge >= 0.3 is 0 Å². The molecule has 2 rings (SSSR count). The molecule has 5 nitrogen and oxygen atoms in total. The van der Waals surface area contributed by atoms with E-state index in [4.69, 9.17) is 0 Å². The van der Waals surface area contributed by atoms with Gasteiger partial charge in [-0.2, -0.15) is 0 Å². The van der Waals surface area contributed by atoms with Crippen molar-refractivity contribution in [1.29, 1.82) is 0 Å². The summed E-state index contributed by atoms with van der Waals surface area (Å²) in [6, 6.07) is 5.08. The summed E-state index contributed by atoms with van der Waals surface area (Å²) < 4.78 is 50.5. The highest BCUT2D eigenvalue weighted by Crippen LogP contribution is 2.26.